The summed E-state index contributed by atoms with van der Waals surface area (Å²) in [6.45, 7) is 0.415. The first-order valence-corrected chi connectivity index (χ1v) is 3.53. The summed E-state index contributed by atoms with van der Waals surface area (Å²) < 4.78 is 0. The molecule has 1 heterocycles. The maximum Gasteiger partial charge on any atom is 0.220 e. The quantitative estimate of drug-likeness (QED) is 0.558. The average molecular weight is 157 g/mol. The second kappa shape index (κ2) is 3.98. The zero-order valence-corrected chi connectivity index (χ0v) is 6.16. The lowest BCUT2D eigenvalue weighted by Gasteiger charge is -2.12. The number of hydrogen-bond donors (Lipinski definition) is 1. The van der Waals surface area contributed by atoms with Crippen molar-refractivity contribution < 1.29 is 14.6 Å². The molecule has 0 fully saturated rings. The summed E-state index contributed by atoms with van der Waals surface area (Å²) >= 11 is 0. The Bertz CT molecular complexity index is 167. The largest absolute Gasteiger partial charge is 0.369 e. The fourth-order valence-corrected chi connectivity index (χ4v) is 0.913. The van der Waals surface area contributed by atoms with Gasteiger partial charge >= 0.3 is 0 Å². The number of hydrogen-bond acceptors (Lipinski definition) is 3. The van der Waals surface area contributed by atoms with E-state index < -0.39 is 0 Å². The predicted molar refractivity (Wildman–Crippen MR) is 38.1 cm³/mol. The van der Waals surface area contributed by atoms with Crippen molar-refractivity contribution in [3.63, 3.8) is 0 Å². The van der Waals surface area contributed by atoms with Gasteiger partial charge in [0.1, 0.15) is 6.26 Å². The molecule has 1 aliphatic rings. The van der Waals surface area contributed by atoms with E-state index in [2.05, 4.69) is 9.78 Å². The first kappa shape index (κ1) is 8.07. The van der Waals surface area contributed by atoms with Gasteiger partial charge in [-0.1, -0.05) is 0 Å². The molecular formula is C7H11NO3. The van der Waals surface area contributed by atoms with E-state index in [4.69, 9.17) is 5.73 Å². The normalized spacial score (nSPS) is 27.8. The Morgan fingerprint density at radius 1 is 1.64 bits per heavy atom. The monoisotopic (exact) mass is 157 g/mol. The van der Waals surface area contributed by atoms with Gasteiger partial charge in [0, 0.05) is 5.92 Å². The SMILES string of the molecule is NC(=O)C1C/C=C\OOCC1. The maximum atomic E-state index is 10.7. The van der Waals surface area contributed by atoms with Crippen molar-refractivity contribution >= 4 is 5.91 Å². The smallest absolute Gasteiger partial charge is 0.220 e. The first-order chi connectivity index (χ1) is 5.30. The molecule has 1 unspecified atom stereocenters. The molecule has 2 N–H and O–H groups in total. The summed E-state index contributed by atoms with van der Waals surface area (Å²) in [5, 5.41) is 0. The van der Waals surface area contributed by atoms with Crippen molar-refractivity contribution in [1.29, 1.82) is 0 Å². The Labute approximate surface area is 64.9 Å². The number of amides is 1. The molecule has 0 aliphatic carbocycles. The molecule has 4 heteroatoms. The van der Waals surface area contributed by atoms with Gasteiger partial charge in [-0.25, -0.2) is 0 Å². The second-order valence-electron chi connectivity index (χ2n) is 2.41. The van der Waals surface area contributed by atoms with E-state index in [1.807, 2.05) is 0 Å². The van der Waals surface area contributed by atoms with E-state index >= 15 is 0 Å². The van der Waals surface area contributed by atoms with Crippen molar-refractivity contribution in [2.75, 3.05) is 6.61 Å². The number of primary amides is 1. The molecule has 1 amide bonds. The lowest BCUT2D eigenvalue weighted by atomic mass is 10.0. The minimum absolute atomic E-state index is 0.116. The van der Waals surface area contributed by atoms with Crippen molar-refractivity contribution in [3.8, 4) is 0 Å². The van der Waals surface area contributed by atoms with Crippen LogP contribution in [0.3, 0.4) is 0 Å². The number of carbonyl (C=O) groups is 1. The highest BCUT2D eigenvalue weighted by Crippen LogP contribution is 2.11. The average Bonchev–Trinajstić information content (AvgIpc) is 1.84. The minimum Gasteiger partial charge on any atom is -0.369 e. The summed E-state index contributed by atoms with van der Waals surface area (Å²) in [7, 11) is 0. The Kier molecular flexibility index (Phi) is 2.92. The van der Waals surface area contributed by atoms with Gasteiger partial charge in [-0.15, -0.1) is 0 Å². The highest BCUT2D eigenvalue weighted by molar-refractivity contribution is 5.76. The molecule has 62 valence electrons. The fourth-order valence-electron chi connectivity index (χ4n) is 0.913. The second-order valence-corrected chi connectivity index (χ2v) is 2.41. The van der Waals surface area contributed by atoms with Gasteiger partial charge in [0.15, 0.2) is 0 Å². The van der Waals surface area contributed by atoms with Crippen LogP contribution in [0.15, 0.2) is 12.3 Å². The van der Waals surface area contributed by atoms with Crippen LogP contribution in [0.4, 0.5) is 0 Å². The number of nitrogens with two attached hydrogens (primary N) is 1. The highest BCUT2D eigenvalue weighted by Gasteiger charge is 2.14. The molecule has 0 radical (unpaired) electrons. The standard InChI is InChI=1S/C7H11NO3/c8-7(9)6-2-1-4-10-11-5-3-6/h1,4,6H,2-3,5H2,(H2,8,9)/b4-1-. The van der Waals surface area contributed by atoms with Crippen LogP contribution in [0.5, 0.6) is 0 Å². The molecule has 11 heavy (non-hydrogen) atoms. The van der Waals surface area contributed by atoms with Crippen LogP contribution in [0.1, 0.15) is 12.8 Å². The van der Waals surface area contributed by atoms with Crippen LogP contribution < -0.4 is 5.73 Å². The molecule has 1 atom stereocenters. The zero-order chi connectivity index (χ0) is 8.10. The number of carbonyl (C=O) groups excluding carboxylic acids is 1. The van der Waals surface area contributed by atoms with Gasteiger partial charge in [0.25, 0.3) is 0 Å². The van der Waals surface area contributed by atoms with E-state index in [9.17, 15) is 4.79 Å². The van der Waals surface area contributed by atoms with Gasteiger partial charge in [-0.3, -0.25) is 4.79 Å². The first-order valence-electron chi connectivity index (χ1n) is 3.53. The van der Waals surface area contributed by atoms with Gasteiger partial charge < -0.3 is 10.6 Å². The van der Waals surface area contributed by atoms with Crippen molar-refractivity contribution in [2.24, 2.45) is 11.7 Å². The molecule has 0 aromatic carbocycles. The van der Waals surface area contributed by atoms with Crippen LogP contribution >= 0.6 is 0 Å². The van der Waals surface area contributed by atoms with Crippen LogP contribution in [-0.4, -0.2) is 12.5 Å². The molecular weight excluding hydrogens is 146 g/mol. The summed E-state index contributed by atoms with van der Waals surface area (Å²) in [5.74, 6) is -0.393. The lowest BCUT2D eigenvalue weighted by molar-refractivity contribution is -0.252. The summed E-state index contributed by atoms with van der Waals surface area (Å²) in [4.78, 5) is 19.9. The molecule has 0 saturated heterocycles. The molecule has 0 aromatic heterocycles. The van der Waals surface area contributed by atoms with E-state index in [1.54, 1.807) is 6.08 Å². The van der Waals surface area contributed by atoms with Crippen LogP contribution in [-0.2, 0) is 14.6 Å². The van der Waals surface area contributed by atoms with Crippen molar-refractivity contribution in [3.05, 3.63) is 12.3 Å². The summed E-state index contributed by atoms with van der Waals surface area (Å²) in [6, 6.07) is 0. The predicted octanol–water partition coefficient (Wildman–Crippen LogP) is 0.344. The minimum atomic E-state index is -0.278. The summed E-state index contributed by atoms with van der Waals surface area (Å²) in [5.41, 5.74) is 5.12. The third kappa shape index (κ3) is 2.59. The Morgan fingerprint density at radius 3 is 3.18 bits per heavy atom. The molecule has 1 rings (SSSR count). The maximum absolute atomic E-state index is 10.7. The Morgan fingerprint density at radius 2 is 2.45 bits per heavy atom. The van der Waals surface area contributed by atoms with E-state index in [0.717, 1.165) is 0 Å². The van der Waals surface area contributed by atoms with Crippen LogP contribution in [0, 0.1) is 5.92 Å². The van der Waals surface area contributed by atoms with Gasteiger partial charge in [0.2, 0.25) is 5.91 Å². The van der Waals surface area contributed by atoms with Crippen molar-refractivity contribution in [2.45, 2.75) is 12.8 Å². The van der Waals surface area contributed by atoms with Crippen LogP contribution in [0.25, 0.3) is 0 Å². The van der Waals surface area contributed by atoms with Gasteiger partial charge in [0.05, 0.1) is 6.61 Å². The Balaban J connectivity index is 2.45. The van der Waals surface area contributed by atoms with E-state index in [0.29, 0.717) is 19.4 Å². The lowest BCUT2D eigenvalue weighted by Crippen LogP contribution is -2.24. The van der Waals surface area contributed by atoms with Crippen molar-refractivity contribution in [1.82, 2.24) is 0 Å². The van der Waals surface area contributed by atoms with E-state index in [-0.39, 0.29) is 11.8 Å². The Hall–Kier alpha value is -1.03. The molecule has 4 nitrogen and oxygen atoms in total. The molecule has 0 spiro atoms. The molecule has 1 aliphatic heterocycles. The van der Waals surface area contributed by atoms with Crippen LogP contribution in [0.2, 0.25) is 0 Å². The summed E-state index contributed by atoms with van der Waals surface area (Å²) in [6.07, 6.45) is 4.42. The molecule has 0 bridgehead atoms. The third-order valence-electron chi connectivity index (χ3n) is 1.59. The highest BCUT2D eigenvalue weighted by atomic mass is 17.2. The number of rotatable bonds is 1. The fraction of sp³-hybridized carbons (Fsp3) is 0.571. The van der Waals surface area contributed by atoms with Gasteiger partial charge in [-0.2, -0.15) is 4.89 Å². The molecule has 0 aromatic rings. The zero-order valence-electron chi connectivity index (χ0n) is 6.16. The van der Waals surface area contributed by atoms with E-state index in [1.165, 1.54) is 6.26 Å². The van der Waals surface area contributed by atoms with Gasteiger partial charge in [-0.05, 0) is 18.9 Å². The molecule has 0 saturated carbocycles. The topological polar surface area (TPSA) is 61.6 Å². The number of allylic oxidation sites excluding steroid dienone is 1. The third-order valence-corrected chi connectivity index (χ3v) is 1.59.